The van der Waals surface area contributed by atoms with Crippen LogP contribution in [0.4, 0.5) is 16.3 Å². The number of ether oxygens (including phenoxy) is 1. The number of hydrogen-bond donors (Lipinski definition) is 2. The van der Waals surface area contributed by atoms with Crippen LogP contribution in [0.1, 0.15) is 44.2 Å². The molecule has 3 aliphatic rings. The van der Waals surface area contributed by atoms with Crippen molar-refractivity contribution in [1.82, 2.24) is 10.3 Å². The van der Waals surface area contributed by atoms with Gasteiger partial charge in [0.25, 0.3) is 0 Å². The molecule has 2 N–H and O–H groups in total. The molecule has 1 aliphatic carbocycles. The molecule has 2 atom stereocenters. The summed E-state index contributed by atoms with van der Waals surface area (Å²) in [5.74, 6) is 1.73. The number of nitrogens with zero attached hydrogens (tertiary/aromatic N) is 2. The van der Waals surface area contributed by atoms with Crippen molar-refractivity contribution in [3.63, 3.8) is 0 Å². The fourth-order valence-electron chi connectivity index (χ4n) is 3.90. The maximum Gasteiger partial charge on any atom is 0.319 e. The molecule has 6 heteroatoms. The van der Waals surface area contributed by atoms with Gasteiger partial charge in [-0.05, 0) is 63.5 Å². The van der Waals surface area contributed by atoms with E-state index in [2.05, 4.69) is 20.5 Å². The van der Waals surface area contributed by atoms with Crippen molar-refractivity contribution in [2.45, 2.75) is 57.6 Å². The zero-order chi connectivity index (χ0) is 17.2. The van der Waals surface area contributed by atoms with Crippen LogP contribution in [-0.2, 0) is 4.74 Å². The van der Waals surface area contributed by atoms with Gasteiger partial charge in [0.2, 0.25) is 0 Å². The molecule has 4 rings (SSSR count). The van der Waals surface area contributed by atoms with E-state index < -0.39 is 0 Å². The Morgan fingerprint density at radius 1 is 1.24 bits per heavy atom. The molecule has 3 heterocycles. The Balaban J connectivity index is 1.32. The highest BCUT2D eigenvalue weighted by Gasteiger charge is 2.36. The highest BCUT2D eigenvalue weighted by molar-refractivity contribution is 5.90. The number of hydrogen-bond acceptors (Lipinski definition) is 4. The summed E-state index contributed by atoms with van der Waals surface area (Å²) in [5.41, 5.74) is 1.65. The summed E-state index contributed by atoms with van der Waals surface area (Å²) in [7, 11) is 0. The second-order valence-electron chi connectivity index (χ2n) is 7.56. The molecule has 2 amide bonds. The molecular formula is C19H28N4O2. The molecule has 1 aromatic heterocycles. The summed E-state index contributed by atoms with van der Waals surface area (Å²) in [5, 5.41) is 6.07. The van der Waals surface area contributed by atoms with Crippen molar-refractivity contribution in [3.8, 4) is 0 Å². The van der Waals surface area contributed by atoms with E-state index in [1.807, 2.05) is 19.1 Å². The van der Waals surface area contributed by atoms with Gasteiger partial charge in [0.05, 0.1) is 17.5 Å². The minimum Gasteiger partial charge on any atom is -0.378 e. The third-order valence-electron chi connectivity index (χ3n) is 5.55. The zero-order valence-corrected chi connectivity index (χ0v) is 15.0. The minimum atomic E-state index is -0.139. The van der Waals surface area contributed by atoms with Gasteiger partial charge in [-0.15, -0.1) is 0 Å². The van der Waals surface area contributed by atoms with Crippen molar-refractivity contribution in [2.24, 2.45) is 5.92 Å². The van der Waals surface area contributed by atoms with Gasteiger partial charge in [0.1, 0.15) is 5.82 Å². The molecule has 3 fully saturated rings. The molecule has 2 aliphatic heterocycles. The van der Waals surface area contributed by atoms with E-state index in [1.165, 1.54) is 25.7 Å². The average molecular weight is 344 g/mol. The number of urea groups is 1. The highest BCUT2D eigenvalue weighted by atomic mass is 16.5. The van der Waals surface area contributed by atoms with Crippen molar-refractivity contribution < 1.29 is 9.53 Å². The molecule has 0 bridgehead atoms. The number of aryl methyl sites for hydroxylation is 1. The van der Waals surface area contributed by atoms with E-state index in [9.17, 15) is 4.79 Å². The lowest BCUT2D eigenvalue weighted by atomic mass is 10.0. The van der Waals surface area contributed by atoms with Crippen LogP contribution < -0.4 is 15.5 Å². The molecule has 6 nitrogen and oxygen atoms in total. The Bertz CT molecular complexity index is 626. The van der Waals surface area contributed by atoms with Gasteiger partial charge in [-0.1, -0.05) is 0 Å². The van der Waals surface area contributed by atoms with E-state index >= 15 is 0 Å². The number of aromatic nitrogens is 1. The van der Waals surface area contributed by atoms with E-state index in [4.69, 9.17) is 4.74 Å². The molecule has 0 radical (unpaired) electrons. The highest BCUT2D eigenvalue weighted by Crippen LogP contribution is 2.38. The lowest BCUT2D eigenvalue weighted by Crippen LogP contribution is -2.44. The third kappa shape index (κ3) is 4.06. The van der Waals surface area contributed by atoms with Crippen LogP contribution in [0.15, 0.2) is 12.1 Å². The van der Waals surface area contributed by atoms with Gasteiger partial charge in [0.15, 0.2) is 0 Å². The molecule has 1 aromatic rings. The van der Waals surface area contributed by atoms with Crippen LogP contribution in [0.5, 0.6) is 0 Å². The Morgan fingerprint density at radius 3 is 2.76 bits per heavy atom. The Morgan fingerprint density at radius 2 is 2.04 bits per heavy atom. The van der Waals surface area contributed by atoms with Crippen LogP contribution in [0, 0.1) is 12.8 Å². The quantitative estimate of drug-likeness (QED) is 0.881. The van der Waals surface area contributed by atoms with E-state index in [0.717, 1.165) is 55.7 Å². The Hall–Kier alpha value is -1.82. The number of amides is 2. The summed E-state index contributed by atoms with van der Waals surface area (Å²) < 4.78 is 5.83. The predicted octanol–water partition coefficient (Wildman–Crippen LogP) is 3.07. The lowest BCUT2D eigenvalue weighted by molar-refractivity contribution is -0.00889. The average Bonchev–Trinajstić information content (AvgIpc) is 3.31. The Labute approximate surface area is 149 Å². The van der Waals surface area contributed by atoms with Gasteiger partial charge < -0.3 is 20.3 Å². The van der Waals surface area contributed by atoms with Crippen molar-refractivity contribution in [3.05, 3.63) is 17.8 Å². The predicted molar refractivity (Wildman–Crippen MR) is 98.1 cm³/mol. The number of carbonyl (C=O) groups is 1. The topological polar surface area (TPSA) is 66.5 Å². The zero-order valence-electron chi connectivity index (χ0n) is 15.0. The molecule has 2 saturated heterocycles. The van der Waals surface area contributed by atoms with E-state index in [0.29, 0.717) is 6.10 Å². The van der Waals surface area contributed by atoms with Gasteiger partial charge >= 0.3 is 6.03 Å². The smallest absolute Gasteiger partial charge is 0.319 e. The summed E-state index contributed by atoms with van der Waals surface area (Å²) in [6.07, 6.45) is 7.18. The number of pyridine rings is 1. The molecule has 136 valence electrons. The molecule has 25 heavy (non-hydrogen) atoms. The van der Waals surface area contributed by atoms with Crippen LogP contribution in [0.2, 0.25) is 0 Å². The van der Waals surface area contributed by atoms with E-state index in [-0.39, 0.29) is 12.1 Å². The molecule has 0 aromatic carbocycles. The first-order chi connectivity index (χ1) is 12.2. The standard InChI is InChI=1S/C19H28N4O2/c1-13-16(6-7-18(20-13)23-9-2-3-10-23)22-19(24)21-15-8-11-25-17(12-15)14-4-5-14/h6-7,14-15,17H,2-5,8-12H2,1H3,(H2,21,22,24)/t15-,17-/m0/s1. The van der Waals surface area contributed by atoms with E-state index in [1.54, 1.807) is 0 Å². The molecule has 0 spiro atoms. The van der Waals surface area contributed by atoms with Crippen molar-refractivity contribution >= 4 is 17.5 Å². The summed E-state index contributed by atoms with van der Waals surface area (Å²) in [6.45, 7) is 4.85. The third-order valence-corrected chi connectivity index (χ3v) is 5.55. The fourth-order valence-corrected chi connectivity index (χ4v) is 3.90. The molecular weight excluding hydrogens is 316 g/mol. The van der Waals surface area contributed by atoms with Crippen LogP contribution in [-0.4, -0.2) is 42.9 Å². The summed E-state index contributed by atoms with van der Waals surface area (Å²) >= 11 is 0. The SMILES string of the molecule is Cc1nc(N2CCCC2)ccc1NC(=O)N[C@H]1CCO[C@H](C2CC2)C1. The second kappa shape index (κ2) is 7.20. The van der Waals surface area contributed by atoms with Gasteiger partial charge in [-0.3, -0.25) is 0 Å². The van der Waals surface area contributed by atoms with Crippen LogP contribution in [0.25, 0.3) is 0 Å². The lowest BCUT2D eigenvalue weighted by Gasteiger charge is -2.30. The van der Waals surface area contributed by atoms with Gasteiger partial charge in [-0.2, -0.15) is 0 Å². The second-order valence-corrected chi connectivity index (χ2v) is 7.56. The normalized spacial score (nSPS) is 26.5. The summed E-state index contributed by atoms with van der Waals surface area (Å²) in [6, 6.07) is 4.04. The van der Waals surface area contributed by atoms with Crippen molar-refractivity contribution in [1.29, 1.82) is 0 Å². The number of carbonyl (C=O) groups excluding carboxylic acids is 1. The first-order valence-corrected chi connectivity index (χ1v) is 9.61. The largest absolute Gasteiger partial charge is 0.378 e. The Kier molecular flexibility index (Phi) is 4.79. The van der Waals surface area contributed by atoms with Gasteiger partial charge in [-0.25, -0.2) is 9.78 Å². The first kappa shape index (κ1) is 16.6. The minimum absolute atomic E-state index is 0.139. The number of rotatable bonds is 4. The number of nitrogens with one attached hydrogen (secondary N) is 2. The van der Waals surface area contributed by atoms with Gasteiger partial charge in [0, 0.05) is 25.7 Å². The number of anilines is 2. The first-order valence-electron chi connectivity index (χ1n) is 9.61. The fraction of sp³-hybridized carbons (Fsp3) is 0.684. The van der Waals surface area contributed by atoms with Crippen LogP contribution >= 0.6 is 0 Å². The molecule has 1 saturated carbocycles. The van der Waals surface area contributed by atoms with Crippen LogP contribution in [0.3, 0.4) is 0 Å². The molecule has 0 unspecified atom stereocenters. The van der Waals surface area contributed by atoms with Crippen molar-refractivity contribution in [2.75, 3.05) is 29.9 Å². The maximum atomic E-state index is 12.4. The monoisotopic (exact) mass is 344 g/mol. The maximum absolute atomic E-state index is 12.4. The summed E-state index contributed by atoms with van der Waals surface area (Å²) in [4.78, 5) is 19.3.